The van der Waals surface area contributed by atoms with E-state index in [4.69, 9.17) is 4.74 Å². The zero-order valence-corrected chi connectivity index (χ0v) is 13.2. The first-order valence-corrected chi connectivity index (χ1v) is 8.25. The van der Waals surface area contributed by atoms with Gasteiger partial charge in [0.2, 0.25) is 0 Å². The maximum absolute atomic E-state index is 12.0. The lowest BCUT2D eigenvalue weighted by Gasteiger charge is -2.23. The summed E-state index contributed by atoms with van der Waals surface area (Å²) in [6.45, 7) is 0.489. The van der Waals surface area contributed by atoms with Gasteiger partial charge in [-0.05, 0) is 55.5 Å². The molecule has 0 unspecified atom stereocenters. The Morgan fingerprint density at radius 2 is 1.91 bits per heavy atom. The molecule has 0 spiro atoms. The summed E-state index contributed by atoms with van der Waals surface area (Å²) in [5.41, 5.74) is 1.66. The Morgan fingerprint density at radius 1 is 1.13 bits per heavy atom. The van der Waals surface area contributed by atoms with Gasteiger partial charge in [0, 0.05) is 24.5 Å². The van der Waals surface area contributed by atoms with E-state index in [1.54, 1.807) is 24.5 Å². The third-order valence-electron chi connectivity index (χ3n) is 4.15. The van der Waals surface area contributed by atoms with Gasteiger partial charge in [-0.2, -0.15) is 0 Å². The molecule has 1 amide bonds. The first kappa shape index (κ1) is 15.5. The van der Waals surface area contributed by atoms with Gasteiger partial charge in [-0.25, -0.2) is 0 Å². The SMILES string of the molecule is O=C(NCc1cccc(OC2CCCCC2)c1)c1ccncc1. The first-order chi connectivity index (χ1) is 11.3. The van der Waals surface area contributed by atoms with Crippen LogP contribution in [0.25, 0.3) is 0 Å². The molecule has 0 bridgehead atoms. The van der Waals surface area contributed by atoms with Crippen molar-refractivity contribution in [1.82, 2.24) is 10.3 Å². The maximum atomic E-state index is 12.0. The number of aromatic nitrogens is 1. The Kier molecular flexibility index (Phi) is 5.25. The average molecular weight is 310 g/mol. The molecular weight excluding hydrogens is 288 g/mol. The Balaban J connectivity index is 1.56. The van der Waals surface area contributed by atoms with Crippen LogP contribution < -0.4 is 10.1 Å². The van der Waals surface area contributed by atoms with E-state index in [1.807, 2.05) is 24.3 Å². The van der Waals surface area contributed by atoms with Crippen molar-refractivity contribution in [2.45, 2.75) is 44.8 Å². The number of nitrogens with zero attached hydrogens (tertiary/aromatic N) is 1. The number of carbonyl (C=O) groups excluding carboxylic acids is 1. The maximum Gasteiger partial charge on any atom is 0.251 e. The number of amides is 1. The van der Waals surface area contributed by atoms with Crippen molar-refractivity contribution in [2.24, 2.45) is 0 Å². The summed E-state index contributed by atoms with van der Waals surface area (Å²) in [4.78, 5) is 16.0. The highest BCUT2D eigenvalue weighted by molar-refractivity contribution is 5.93. The summed E-state index contributed by atoms with van der Waals surface area (Å²) < 4.78 is 6.07. The number of nitrogens with one attached hydrogen (secondary N) is 1. The van der Waals surface area contributed by atoms with Gasteiger partial charge in [-0.15, -0.1) is 0 Å². The minimum atomic E-state index is -0.0917. The van der Waals surface area contributed by atoms with Crippen LogP contribution in [0.15, 0.2) is 48.8 Å². The number of carbonyl (C=O) groups is 1. The summed E-state index contributed by atoms with van der Waals surface area (Å²) >= 11 is 0. The smallest absolute Gasteiger partial charge is 0.251 e. The van der Waals surface area contributed by atoms with E-state index in [-0.39, 0.29) is 5.91 Å². The van der Waals surface area contributed by atoms with E-state index < -0.39 is 0 Å². The van der Waals surface area contributed by atoms with Crippen molar-refractivity contribution in [1.29, 1.82) is 0 Å². The van der Waals surface area contributed by atoms with Crippen molar-refractivity contribution in [3.8, 4) is 5.75 Å². The molecule has 23 heavy (non-hydrogen) atoms. The summed E-state index contributed by atoms with van der Waals surface area (Å²) in [5, 5.41) is 2.92. The van der Waals surface area contributed by atoms with Crippen LogP contribution in [0.3, 0.4) is 0 Å². The predicted octanol–water partition coefficient (Wildman–Crippen LogP) is 3.72. The van der Waals surface area contributed by atoms with Crippen LogP contribution in [-0.4, -0.2) is 17.0 Å². The van der Waals surface area contributed by atoms with Crippen molar-refractivity contribution < 1.29 is 9.53 Å². The van der Waals surface area contributed by atoms with Crippen molar-refractivity contribution in [2.75, 3.05) is 0 Å². The zero-order chi connectivity index (χ0) is 15.9. The van der Waals surface area contributed by atoms with Gasteiger partial charge < -0.3 is 10.1 Å². The van der Waals surface area contributed by atoms with Crippen LogP contribution in [0.2, 0.25) is 0 Å². The molecular formula is C19H22N2O2. The van der Waals surface area contributed by atoms with Crippen molar-refractivity contribution >= 4 is 5.91 Å². The molecule has 1 N–H and O–H groups in total. The zero-order valence-electron chi connectivity index (χ0n) is 13.2. The van der Waals surface area contributed by atoms with Crippen LogP contribution >= 0.6 is 0 Å². The molecule has 4 nitrogen and oxygen atoms in total. The van der Waals surface area contributed by atoms with Gasteiger partial charge in [-0.1, -0.05) is 18.6 Å². The third kappa shape index (κ3) is 4.55. The number of ether oxygens (including phenoxy) is 1. The fourth-order valence-electron chi connectivity index (χ4n) is 2.89. The van der Waals surface area contributed by atoms with Gasteiger partial charge in [0.1, 0.15) is 5.75 Å². The van der Waals surface area contributed by atoms with E-state index in [0.717, 1.165) is 24.2 Å². The predicted molar refractivity (Wildman–Crippen MR) is 89.4 cm³/mol. The summed E-state index contributed by atoms with van der Waals surface area (Å²) in [7, 11) is 0. The standard InChI is InChI=1S/C19H22N2O2/c22-19(16-9-11-20-12-10-16)21-14-15-5-4-8-18(13-15)23-17-6-2-1-3-7-17/h4-5,8-13,17H,1-3,6-7,14H2,(H,21,22). The lowest BCUT2D eigenvalue weighted by Crippen LogP contribution is -2.23. The average Bonchev–Trinajstić information content (AvgIpc) is 2.62. The van der Waals surface area contributed by atoms with Crippen molar-refractivity contribution in [3.63, 3.8) is 0 Å². The topological polar surface area (TPSA) is 51.2 Å². The largest absolute Gasteiger partial charge is 0.490 e. The first-order valence-electron chi connectivity index (χ1n) is 8.25. The Morgan fingerprint density at radius 3 is 2.70 bits per heavy atom. The number of pyridine rings is 1. The molecule has 1 aromatic carbocycles. The number of benzene rings is 1. The number of hydrogen-bond donors (Lipinski definition) is 1. The second-order valence-corrected chi connectivity index (χ2v) is 5.94. The van der Waals surface area contributed by atoms with E-state index in [1.165, 1.54) is 19.3 Å². The van der Waals surface area contributed by atoms with Crippen LogP contribution in [0, 0.1) is 0 Å². The molecule has 0 saturated heterocycles. The Hall–Kier alpha value is -2.36. The highest BCUT2D eigenvalue weighted by Crippen LogP contribution is 2.23. The van der Waals surface area contributed by atoms with Gasteiger partial charge in [0.15, 0.2) is 0 Å². The molecule has 4 heteroatoms. The van der Waals surface area contributed by atoms with E-state index in [2.05, 4.69) is 10.3 Å². The Labute approximate surface area is 136 Å². The molecule has 120 valence electrons. The van der Waals surface area contributed by atoms with Crippen LogP contribution in [0.5, 0.6) is 5.75 Å². The fraction of sp³-hybridized carbons (Fsp3) is 0.368. The molecule has 1 fully saturated rings. The van der Waals surface area contributed by atoms with Crippen LogP contribution in [0.4, 0.5) is 0 Å². The van der Waals surface area contributed by atoms with E-state index in [0.29, 0.717) is 18.2 Å². The second kappa shape index (κ2) is 7.77. The Bertz CT molecular complexity index is 637. The number of rotatable bonds is 5. The van der Waals surface area contributed by atoms with E-state index >= 15 is 0 Å². The molecule has 2 aromatic rings. The van der Waals surface area contributed by atoms with E-state index in [9.17, 15) is 4.79 Å². The van der Waals surface area contributed by atoms with Gasteiger partial charge >= 0.3 is 0 Å². The van der Waals surface area contributed by atoms with Crippen molar-refractivity contribution in [3.05, 3.63) is 59.9 Å². The van der Waals surface area contributed by atoms with Crippen LogP contribution in [0.1, 0.15) is 48.0 Å². The molecule has 1 saturated carbocycles. The lowest BCUT2D eigenvalue weighted by molar-refractivity contribution is 0.0950. The van der Waals surface area contributed by atoms with Gasteiger partial charge in [0.05, 0.1) is 6.10 Å². The molecule has 0 radical (unpaired) electrons. The normalized spacial score (nSPS) is 15.1. The highest BCUT2D eigenvalue weighted by Gasteiger charge is 2.14. The second-order valence-electron chi connectivity index (χ2n) is 5.94. The van der Waals surface area contributed by atoms with Crippen LogP contribution in [-0.2, 0) is 6.54 Å². The molecule has 1 heterocycles. The molecule has 1 aliphatic carbocycles. The molecule has 1 aliphatic rings. The molecule has 1 aromatic heterocycles. The molecule has 3 rings (SSSR count). The fourth-order valence-corrected chi connectivity index (χ4v) is 2.89. The summed E-state index contributed by atoms with van der Waals surface area (Å²) in [6, 6.07) is 11.4. The third-order valence-corrected chi connectivity index (χ3v) is 4.15. The quantitative estimate of drug-likeness (QED) is 0.915. The van der Waals surface area contributed by atoms with Gasteiger partial charge in [-0.3, -0.25) is 9.78 Å². The minimum absolute atomic E-state index is 0.0917. The summed E-state index contributed by atoms with van der Waals surface area (Å²) in [5.74, 6) is 0.804. The monoisotopic (exact) mass is 310 g/mol. The highest BCUT2D eigenvalue weighted by atomic mass is 16.5. The lowest BCUT2D eigenvalue weighted by atomic mass is 9.98. The minimum Gasteiger partial charge on any atom is -0.490 e. The number of hydrogen-bond acceptors (Lipinski definition) is 3. The molecule has 0 aliphatic heterocycles. The molecule has 0 atom stereocenters. The summed E-state index contributed by atoms with van der Waals surface area (Å²) in [6.07, 6.45) is 9.69. The van der Waals surface area contributed by atoms with Gasteiger partial charge in [0.25, 0.3) is 5.91 Å².